The minimum atomic E-state index is 0.427. The highest BCUT2D eigenvalue weighted by Gasteiger charge is 2.18. The van der Waals surface area contributed by atoms with E-state index in [2.05, 4.69) is 12.1 Å². The molecule has 100 valence electrons. The van der Waals surface area contributed by atoms with Crippen LogP contribution in [0.5, 0.6) is 5.75 Å². The van der Waals surface area contributed by atoms with Crippen LogP contribution in [0.1, 0.15) is 36.5 Å². The van der Waals surface area contributed by atoms with Crippen molar-refractivity contribution in [3.63, 3.8) is 0 Å². The van der Waals surface area contributed by atoms with E-state index in [-0.39, 0.29) is 0 Å². The Morgan fingerprint density at radius 3 is 2.50 bits per heavy atom. The first-order valence-electron chi connectivity index (χ1n) is 6.79. The van der Waals surface area contributed by atoms with Crippen LogP contribution >= 0.6 is 11.8 Å². The average Bonchev–Trinajstić information content (AvgIpc) is 2.93. The van der Waals surface area contributed by atoms with Crippen LogP contribution in [0.15, 0.2) is 24.3 Å². The molecule has 0 heterocycles. The van der Waals surface area contributed by atoms with Crippen molar-refractivity contribution in [2.75, 3.05) is 19.4 Å². The normalized spacial score (nSPS) is 17.9. The summed E-state index contributed by atoms with van der Waals surface area (Å²) in [7, 11) is 1.70. The van der Waals surface area contributed by atoms with Gasteiger partial charge in [0.1, 0.15) is 5.75 Å². The predicted molar refractivity (Wildman–Crippen MR) is 79.2 cm³/mol. The van der Waals surface area contributed by atoms with Gasteiger partial charge in [-0.25, -0.2) is 0 Å². The zero-order chi connectivity index (χ0) is 12.8. The molecule has 1 atom stereocenters. The van der Waals surface area contributed by atoms with E-state index in [9.17, 15) is 0 Å². The lowest BCUT2D eigenvalue weighted by Gasteiger charge is -2.17. The smallest absolute Gasteiger partial charge is 0.118 e. The van der Waals surface area contributed by atoms with Gasteiger partial charge < -0.3 is 10.5 Å². The van der Waals surface area contributed by atoms with Crippen LogP contribution in [0.3, 0.4) is 0 Å². The second-order valence-electron chi connectivity index (χ2n) is 4.98. The van der Waals surface area contributed by atoms with Crippen molar-refractivity contribution in [1.82, 2.24) is 0 Å². The van der Waals surface area contributed by atoms with Crippen LogP contribution in [-0.4, -0.2) is 19.4 Å². The largest absolute Gasteiger partial charge is 0.497 e. The van der Waals surface area contributed by atoms with Crippen molar-refractivity contribution < 1.29 is 4.74 Å². The lowest BCUT2D eigenvalue weighted by atomic mass is 10.1. The van der Waals surface area contributed by atoms with Crippen molar-refractivity contribution in [2.45, 2.75) is 30.9 Å². The predicted octanol–water partition coefficient (Wildman–Crippen LogP) is 3.62. The maximum Gasteiger partial charge on any atom is 0.118 e. The minimum absolute atomic E-state index is 0.427. The Bertz CT molecular complexity index is 346. The van der Waals surface area contributed by atoms with Crippen molar-refractivity contribution >= 4 is 11.8 Å². The third-order valence-corrected chi connectivity index (χ3v) is 5.24. The Labute approximate surface area is 114 Å². The van der Waals surface area contributed by atoms with Gasteiger partial charge in [-0.1, -0.05) is 25.0 Å². The first kappa shape index (κ1) is 13.8. The van der Waals surface area contributed by atoms with Gasteiger partial charge in [0.05, 0.1) is 7.11 Å². The summed E-state index contributed by atoms with van der Waals surface area (Å²) < 4.78 is 5.19. The number of rotatable bonds is 6. The highest BCUT2D eigenvalue weighted by atomic mass is 32.2. The molecule has 1 aromatic carbocycles. The molecule has 0 bridgehead atoms. The number of methoxy groups -OCH3 is 1. The summed E-state index contributed by atoms with van der Waals surface area (Å²) in [5, 5.41) is 0.427. The lowest BCUT2D eigenvalue weighted by Crippen LogP contribution is -2.11. The van der Waals surface area contributed by atoms with E-state index in [1.54, 1.807) is 7.11 Å². The molecule has 2 N–H and O–H groups in total. The van der Waals surface area contributed by atoms with Crippen LogP contribution in [0.25, 0.3) is 0 Å². The molecular weight excluding hydrogens is 242 g/mol. The number of benzene rings is 1. The Morgan fingerprint density at radius 1 is 1.28 bits per heavy atom. The molecule has 2 rings (SSSR count). The van der Waals surface area contributed by atoms with E-state index in [0.29, 0.717) is 11.8 Å². The van der Waals surface area contributed by atoms with Crippen LogP contribution in [0.2, 0.25) is 0 Å². The summed E-state index contributed by atoms with van der Waals surface area (Å²) >= 11 is 2.02. The van der Waals surface area contributed by atoms with Gasteiger partial charge in [0.25, 0.3) is 0 Å². The van der Waals surface area contributed by atoms with Crippen molar-refractivity contribution in [3.05, 3.63) is 29.8 Å². The SMILES string of the molecule is COc1ccc(C(CN)SCC2CCCC2)cc1. The molecule has 2 nitrogen and oxygen atoms in total. The van der Waals surface area contributed by atoms with E-state index in [1.807, 2.05) is 23.9 Å². The van der Waals surface area contributed by atoms with Gasteiger partial charge in [-0.15, -0.1) is 0 Å². The van der Waals surface area contributed by atoms with Gasteiger partial charge in [0.15, 0.2) is 0 Å². The van der Waals surface area contributed by atoms with Crippen LogP contribution in [0, 0.1) is 5.92 Å². The van der Waals surface area contributed by atoms with Gasteiger partial charge >= 0.3 is 0 Å². The molecule has 0 aliphatic heterocycles. The molecule has 0 aromatic heterocycles. The number of thioether (sulfide) groups is 1. The highest BCUT2D eigenvalue weighted by molar-refractivity contribution is 7.99. The highest BCUT2D eigenvalue weighted by Crippen LogP contribution is 2.35. The second-order valence-corrected chi connectivity index (χ2v) is 6.22. The molecule has 1 aliphatic carbocycles. The quantitative estimate of drug-likeness (QED) is 0.853. The van der Waals surface area contributed by atoms with Crippen molar-refractivity contribution in [1.29, 1.82) is 0 Å². The topological polar surface area (TPSA) is 35.2 Å². The fraction of sp³-hybridized carbons (Fsp3) is 0.600. The minimum Gasteiger partial charge on any atom is -0.497 e. The molecule has 1 aliphatic rings. The maximum atomic E-state index is 5.91. The Hall–Kier alpha value is -0.670. The van der Waals surface area contributed by atoms with Crippen molar-refractivity contribution in [3.8, 4) is 5.75 Å². The fourth-order valence-corrected chi connectivity index (χ4v) is 3.87. The molecule has 0 saturated heterocycles. The fourth-order valence-electron chi connectivity index (χ4n) is 2.55. The molecule has 0 amide bonds. The molecule has 1 aromatic rings. The number of ether oxygens (including phenoxy) is 1. The van der Waals surface area contributed by atoms with Gasteiger partial charge in [0.2, 0.25) is 0 Å². The van der Waals surface area contributed by atoms with E-state index >= 15 is 0 Å². The molecular formula is C15H23NOS. The monoisotopic (exact) mass is 265 g/mol. The Kier molecular flexibility index (Phi) is 5.39. The van der Waals surface area contributed by atoms with Gasteiger partial charge in [0, 0.05) is 11.8 Å². The van der Waals surface area contributed by atoms with E-state index < -0.39 is 0 Å². The van der Waals surface area contributed by atoms with E-state index in [0.717, 1.165) is 11.7 Å². The Morgan fingerprint density at radius 2 is 1.94 bits per heavy atom. The van der Waals surface area contributed by atoms with Gasteiger partial charge in [-0.3, -0.25) is 0 Å². The van der Waals surface area contributed by atoms with Crippen LogP contribution in [-0.2, 0) is 0 Å². The molecule has 1 fully saturated rings. The zero-order valence-electron chi connectivity index (χ0n) is 11.1. The van der Waals surface area contributed by atoms with E-state index in [1.165, 1.54) is 37.0 Å². The summed E-state index contributed by atoms with van der Waals surface area (Å²) in [5.74, 6) is 3.09. The number of nitrogens with two attached hydrogens (primary N) is 1. The summed E-state index contributed by atoms with van der Waals surface area (Å²) in [6.45, 7) is 0.712. The second kappa shape index (κ2) is 7.05. The molecule has 18 heavy (non-hydrogen) atoms. The average molecular weight is 265 g/mol. The van der Waals surface area contributed by atoms with Gasteiger partial charge in [-0.2, -0.15) is 11.8 Å². The molecule has 1 unspecified atom stereocenters. The first-order valence-corrected chi connectivity index (χ1v) is 7.84. The van der Waals surface area contributed by atoms with Crippen LogP contribution in [0.4, 0.5) is 0 Å². The van der Waals surface area contributed by atoms with Crippen molar-refractivity contribution in [2.24, 2.45) is 11.7 Å². The Balaban J connectivity index is 1.89. The summed E-state index contributed by atoms with van der Waals surface area (Å²) in [5.41, 5.74) is 7.23. The zero-order valence-corrected chi connectivity index (χ0v) is 11.9. The summed E-state index contributed by atoms with van der Waals surface area (Å²) in [6, 6.07) is 8.32. The number of hydrogen-bond acceptors (Lipinski definition) is 3. The number of hydrogen-bond donors (Lipinski definition) is 1. The van der Waals surface area contributed by atoms with Gasteiger partial charge in [-0.05, 0) is 42.2 Å². The molecule has 1 saturated carbocycles. The molecule has 0 spiro atoms. The molecule has 0 radical (unpaired) electrons. The first-order chi connectivity index (χ1) is 8.83. The molecule has 3 heteroatoms. The standard InChI is InChI=1S/C15H23NOS/c1-17-14-8-6-13(7-9-14)15(10-16)18-11-12-4-2-3-5-12/h6-9,12,15H,2-5,10-11,16H2,1H3. The third kappa shape index (κ3) is 3.66. The third-order valence-electron chi connectivity index (χ3n) is 3.71. The van der Waals surface area contributed by atoms with Crippen LogP contribution < -0.4 is 10.5 Å². The summed E-state index contributed by atoms with van der Waals surface area (Å²) in [4.78, 5) is 0. The lowest BCUT2D eigenvalue weighted by molar-refractivity contribution is 0.414. The maximum absolute atomic E-state index is 5.91. The summed E-state index contributed by atoms with van der Waals surface area (Å²) in [6.07, 6.45) is 5.65. The van der Waals surface area contributed by atoms with E-state index in [4.69, 9.17) is 10.5 Å².